The summed E-state index contributed by atoms with van der Waals surface area (Å²) in [6.45, 7) is 3.92. The van der Waals surface area contributed by atoms with Gasteiger partial charge in [-0.2, -0.15) is 5.26 Å². The molecule has 0 radical (unpaired) electrons. The molecule has 4 rings (SSSR count). The predicted octanol–water partition coefficient (Wildman–Crippen LogP) is 4.49. The lowest BCUT2D eigenvalue weighted by Crippen LogP contribution is -2.51. The number of benzene rings is 2. The van der Waals surface area contributed by atoms with Gasteiger partial charge in [0.25, 0.3) is 0 Å². The molecule has 4 heteroatoms. The highest BCUT2D eigenvalue weighted by atomic mass is 16.2. The maximum atomic E-state index is 12.5. The van der Waals surface area contributed by atoms with Crippen LogP contribution in [0.2, 0.25) is 0 Å². The van der Waals surface area contributed by atoms with Crippen LogP contribution in [0.4, 0.5) is 11.4 Å². The van der Waals surface area contributed by atoms with Crippen molar-refractivity contribution < 1.29 is 4.79 Å². The minimum atomic E-state index is 0.123. The molecule has 0 saturated heterocycles. The van der Waals surface area contributed by atoms with Gasteiger partial charge in [-0.15, -0.1) is 0 Å². The van der Waals surface area contributed by atoms with Gasteiger partial charge in [0.2, 0.25) is 5.91 Å². The third-order valence-electron chi connectivity index (χ3n) is 5.67. The SMILES string of the molecule is CC(=O)N1c2ccccc2C(Nc2ccc(C#N)cc2)[C@@H](C)C1C1CC1. The summed E-state index contributed by atoms with van der Waals surface area (Å²) < 4.78 is 0. The number of hydrogen-bond acceptors (Lipinski definition) is 3. The molecule has 4 nitrogen and oxygen atoms in total. The van der Waals surface area contributed by atoms with Crippen LogP contribution in [0.25, 0.3) is 0 Å². The summed E-state index contributed by atoms with van der Waals surface area (Å²) >= 11 is 0. The van der Waals surface area contributed by atoms with E-state index >= 15 is 0 Å². The molecule has 0 aromatic heterocycles. The fourth-order valence-corrected chi connectivity index (χ4v) is 4.33. The molecular formula is C22H23N3O. The topological polar surface area (TPSA) is 56.1 Å². The molecule has 1 amide bonds. The molecule has 1 heterocycles. The van der Waals surface area contributed by atoms with E-state index in [2.05, 4.69) is 30.4 Å². The number of hydrogen-bond donors (Lipinski definition) is 1. The van der Waals surface area contributed by atoms with Crippen LogP contribution < -0.4 is 10.2 Å². The summed E-state index contributed by atoms with van der Waals surface area (Å²) in [4.78, 5) is 14.5. The molecule has 1 aliphatic heterocycles. The lowest BCUT2D eigenvalue weighted by Gasteiger charge is -2.46. The van der Waals surface area contributed by atoms with Gasteiger partial charge < -0.3 is 10.2 Å². The molecule has 132 valence electrons. The number of carbonyl (C=O) groups excluding carboxylic acids is 1. The van der Waals surface area contributed by atoms with Crippen LogP contribution in [0.15, 0.2) is 48.5 Å². The Morgan fingerprint density at radius 2 is 1.85 bits per heavy atom. The Hall–Kier alpha value is -2.80. The molecule has 26 heavy (non-hydrogen) atoms. The molecular weight excluding hydrogens is 322 g/mol. The van der Waals surface area contributed by atoms with Crippen molar-refractivity contribution in [1.29, 1.82) is 5.26 Å². The van der Waals surface area contributed by atoms with Crippen molar-refractivity contribution in [3.63, 3.8) is 0 Å². The van der Waals surface area contributed by atoms with E-state index in [1.165, 1.54) is 12.8 Å². The molecule has 2 aromatic rings. The number of anilines is 2. The Morgan fingerprint density at radius 3 is 2.46 bits per heavy atom. The van der Waals surface area contributed by atoms with Gasteiger partial charge in [0.1, 0.15) is 0 Å². The maximum absolute atomic E-state index is 12.5. The number of fused-ring (bicyclic) bond motifs is 1. The van der Waals surface area contributed by atoms with Crippen LogP contribution in [0.3, 0.4) is 0 Å². The van der Waals surface area contributed by atoms with E-state index in [1.807, 2.05) is 41.3 Å². The van der Waals surface area contributed by atoms with E-state index in [9.17, 15) is 4.79 Å². The van der Waals surface area contributed by atoms with Gasteiger partial charge in [-0.25, -0.2) is 0 Å². The van der Waals surface area contributed by atoms with Crippen molar-refractivity contribution in [1.82, 2.24) is 0 Å². The fraction of sp³-hybridized carbons (Fsp3) is 0.364. The summed E-state index contributed by atoms with van der Waals surface area (Å²) in [6.07, 6.45) is 2.40. The van der Waals surface area contributed by atoms with Gasteiger partial charge in [0.15, 0.2) is 0 Å². The van der Waals surface area contributed by atoms with Crippen molar-refractivity contribution in [2.24, 2.45) is 11.8 Å². The monoisotopic (exact) mass is 345 g/mol. The minimum absolute atomic E-state index is 0.123. The molecule has 3 atom stereocenters. The highest BCUT2D eigenvalue weighted by molar-refractivity contribution is 5.94. The van der Waals surface area contributed by atoms with Crippen LogP contribution >= 0.6 is 0 Å². The Balaban J connectivity index is 1.74. The van der Waals surface area contributed by atoms with Gasteiger partial charge in [0, 0.05) is 30.3 Å². The van der Waals surface area contributed by atoms with Crippen molar-refractivity contribution in [3.8, 4) is 6.07 Å². The molecule has 1 saturated carbocycles. The van der Waals surface area contributed by atoms with Gasteiger partial charge in [0.05, 0.1) is 17.7 Å². The quantitative estimate of drug-likeness (QED) is 0.891. The molecule has 1 aliphatic carbocycles. The Bertz CT molecular complexity index is 864. The van der Waals surface area contributed by atoms with Gasteiger partial charge in [-0.05, 0) is 54.7 Å². The first-order valence-electron chi connectivity index (χ1n) is 9.25. The highest BCUT2D eigenvalue weighted by Gasteiger charge is 2.47. The third kappa shape index (κ3) is 2.84. The van der Waals surface area contributed by atoms with E-state index in [1.54, 1.807) is 6.92 Å². The number of nitrogens with one attached hydrogen (secondary N) is 1. The average Bonchev–Trinajstić information content (AvgIpc) is 3.48. The number of para-hydroxylation sites is 1. The fourth-order valence-electron chi connectivity index (χ4n) is 4.33. The number of nitrogens with zero attached hydrogens (tertiary/aromatic N) is 2. The zero-order chi connectivity index (χ0) is 18.3. The van der Waals surface area contributed by atoms with Gasteiger partial charge >= 0.3 is 0 Å². The number of nitriles is 1. The third-order valence-corrected chi connectivity index (χ3v) is 5.67. The van der Waals surface area contributed by atoms with Crippen LogP contribution in [0, 0.1) is 23.2 Å². The smallest absolute Gasteiger partial charge is 0.224 e. The number of carbonyl (C=O) groups is 1. The Morgan fingerprint density at radius 1 is 1.15 bits per heavy atom. The molecule has 1 N–H and O–H groups in total. The van der Waals surface area contributed by atoms with E-state index in [0.29, 0.717) is 17.4 Å². The molecule has 0 bridgehead atoms. The van der Waals surface area contributed by atoms with Crippen LogP contribution in [0.5, 0.6) is 0 Å². The molecule has 1 fully saturated rings. The zero-order valence-corrected chi connectivity index (χ0v) is 15.1. The second-order valence-corrected chi connectivity index (χ2v) is 7.45. The first kappa shape index (κ1) is 16.7. The molecule has 0 spiro atoms. The van der Waals surface area contributed by atoms with Crippen molar-refractivity contribution in [3.05, 3.63) is 59.7 Å². The van der Waals surface area contributed by atoms with E-state index in [-0.39, 0.29) is 18.0 Å². The van der Waals surface area contributed by atoms with Crippen molar-refractivity contribution >= 4 is 17.3 Å². The maximum Gasteiger partial charge on any atom is 0.224 e. The predicted molar refractivity (Wildman–Crippen MR) is 103 cm³/mol. The molecule has 2 aromatic carbocycles. The number of rotatable bonds is 3. The minimum Gasteiger partial charge on any atom is -0.378 e. The first-order valence-corrected chi connectivity index (χ1v) is 9.25. The van der Waals surface area contributed by atoms with Gasteiger partial charge in [-0.1, -0.05) is 25.1 Å². The summed E-state index contributed by atoms with van der Waals surface area (Å²) in [7, 11) is 0. The number of amides is 1. The second kappa shape index (κ2) is 6.49. The largest absolute Gasteiger partial charge is 0.378 e. The first-order chi connectivity index (χ1) is 12.6. The van der Waals surface area contributed by atoms with Crippen molar-refractivity contribution in [2.45, 2.75) is 38.8 Å². The summed E-state index contributed by atoms with van der Waals surface area (Å²) in [5, 5.41) is 12.7. The standard InChI is InChI=1S/C22H23N3O/c1-14-21(24-18-11-7-16(13-23)8-12-18)19-5-3-4-6-20(19)25(15(2)26)22(14)17-9-10-17/h3-8,11-12,14,17,21-22,24H,9-10H2,1-2H3/t14-,21?,22?/m1/s1. The molecule has 2 aliphatic rings. The highest BCUT2D eigenvalue weighted by Crippen LogP contribution is 2.49. The lowest BCUT2D eigenvalue weighted by atomic mass is 9.80. The summed E-state index contributed by atoms with van der Waals surface area (Å²) in [5.74, 6) is 1.02. The Kier molecular flexibility index (Phi) is 4.16. The van der Waals surface area contributed by atoms with E-state index in [0.717, 1.165) is 16.9 Å². The van der Waals surface area contributed by atoms with Crippen molar-refractivity contribution in [2.75, 3.05) is 10.2 Å². The lowest BCUT2D eigenvalue weighted by molar-refractivity contribution is -0.117. The van der Waals surface area contributed by atoms with Crippen LogP contribution in [-0.4, -0.2) is 11.9 Å². The summed E-state index contributed by atoms with van der Waals surface area (Å²) in [6, 6.07) is 18.3. The molecule has 2 unspecified atom stereocenters. The van der Waals surface area contributed by atoms with E-state index < -0.39 is 0 Å². The van der Waals surface area contributed by atoms with Gasteiger partial charge in [-0.3, -0.25) is 4.79 Å². The Labute approximate surface area is 154 Å². The second-order valence-electron chi connectivity index (χ2n) is 7.45. The summed E-state index contributed by atoms with van der Waals surface area (Å²) in [5.41, 5.74) is 3.85. The van der Waals surface area contributed by atoms with Crippen LogP contribution in [-0.2, 0) is 4.79 Å². The average molecular weight is 345 g/mol. The normalized spacial score (nSPS) is 24.5. The zero-order valence-electron chi connectivity index (χ0n) is 15.1. The van der Waals surface area contributed by atoms with E-state index in [4.69, 9.17) is 5.26 Å². The van der Waals surface area contributed by atoms with Crippen LogP contribution in [0.1, 0.15) is 43.9 Å².